The van der Waals surface area contributed by atoms with Crippen LogP contribution in [0.5, 0.6) is 0 Å². The Morgan fingerprint density at radius 3 is 3.05 bits per heavy atom. The summed E-state index contributed by atoms with van der Waals surface area (Å²) < 4.78 is 2.26. The lowest BCUT2D eigenvalue weighted by Gasteiger charge is -2.01. The van der Waals surface area contributed by atoms with Gasteiger partial charge in [-0.05, 0) is 36.2 Å². The Bertz CT molecular complexity index is 681. The topological polar surface area (TPSA) is 37.8 Å². The molecule has 3 nitrogen and oxygen atoms in total. The summed E-state index contributed by atoms with van der Waals surface area (Å²) in [6, 6.07) is 10.2. The molecule has 0 unspecified atom stereocenters. The molecule has 1 N–H and O–H groups in total. The van der Waals surface area contributed by atoms with Gasteiger partial charge < -0.3 is 5.32 Å². The van der Waals surface area contributed by atoms with Crippen molar-refractivity contribution < 1.29 is 0 Å². The molecule has 0 bridgehead atoms. The molecule has 0 saturated heterocycles. The third-order valence-electron chi connectivity index (χ3n) is 2.76. The molecule has 0 spiro atoms. The first kappa shape index (κ1) is 12.6. The second kappa shape index (κ2) is 5.67. The van der Waals surface area contributed by atoms with Crippen LogP contribution < -0.4 is 5.32 Å². The number of thiazole rings is 1. The number of halogens is 1. The van der Waals surface area contributed by atoms with Gasteiger partial charge in [0.2, 0.25) is 0 Å². The van der Waals surface area contributed by atoms with E-state index in [4.69, 9.17) is 0 Å². The molecular weight excluding hydrogens is 322 g/mol. The molecule has 2 heterocycles. The first-order valence-corrected chi connectivity index (χ1v) is 7.61. The fourth-order valence-electron chi connectivity index (χ4n) is 1.84. The molecule has 0 aliphatic rings. The summed E-state index contributed by atoms with van der Waals surface area (Å²) in [6.45, 7) is 0.868. The Kier molecular flexibility index (Phi) is 3.75. The van der Waals surface area contributed by atoms with E-state index in [9.17, 15) is 0 Å². The van der Waals surface area contributed by atoms with E-state index in [0.29, 0.717) is 0 Å². The standard InChI is InChI=1S/C14H12BrN3S/c15-11-3-4-13-12(8-11)18-14(19-13)17-7-5-10-2-1-6-16-9-10/h1-4,6,8-9H,5,7H2,(H,17,18). The van der Waals surface area contributed by atoms with Gasteiger partial charge in [-0.25, -0.2) is 4.98 Å². The van der Waals surface area contributed by atoms with Crippen molar-refractivity contribution in [3.8, 4) is 0 Å². The lowest BCUT2D eigenvalue weighted by molar-refractivity contribution is 1.00. The number of nitrogens with zero attached hydrogens (tertiary/aromatic N) is 2. The maximum absolute atomic E-state index is 4.57. The van der Waals surface area contributed by atoms with Gasteiger partial charge in [-0.2, -0.15) is 0 Å². The molecular formula is C14H12BrN3S. The van der Waals surface area contributed by atoms with Crippen LogP contribution in [0.2, 0.25) is 0 Å². The fraction of sp³-hybridized carbons (Fsp3) is 0.143. The SMILES string of the molecule is Brc1ccc2sc(NCCc3cccnc3)nc2c1. The average Bonchev–Trinajstić information content (AvgIpc) is 2.82. The van der Waals surface area contributed by atoms with Gasteiger partial charge in [0.25, 0.3) is 0 Å². The van der Waals surface area contributed by atoms with Crippen LogP contribution in [0.25, 0.3) is 10.2 Å². The molecule has 0 aliphatic carbocycles. The van der Waals surface area contributed by atoms with Crippen molar-refractivity contribution in [2.45, 2.75) is 6.42 Å². The Labute approximate surface area is 123 Å². The predicted octanol–water partition coefficient (Wildman–Crippen LogP) is 4.11. The van der Waals surface area contributed by atoms with E-state index in [-0.39, 0.29) is 0 Å². The first-order chi connectivity index (χ1) is 9.31. The fourth-order valence-corrected chi connectivity index (χ4v) is 3.06. The Hall–Kier alpha value is -1.46. The molecule has 0 radical (unpaired) electrons. The molecule has 96 valence electrons. The molecule has 0 amide bonds. The lowest BCUT2D eigenvalue weighted by Crippen LogP contribution is -2.04. The van der Waals surface area contributed by atoms with Gasteiger partial charge in [-0.15, -0.1) is 0 Å². The van der Waals surface area contributed by atoms with Gasteiger partial charge in [0.1, 0.15) is 0 Å². The Morgan fingerprint density at radius 1 is 1.26 bits per heavy atom. The van der Waals surface area contributed by atoms with Crippen molar-refractivity contribution in [1.29, 1.82) is 0 Å². The van der Waals surface area contributed by atoms with Crippen molar-refractivity contribution in [2.75, 3.05) is 11.9 Å². The minimum absolute atomic E-state index is 0.868. The number of hydrogen-bond donors (Lipinski definition) is 1. The minimum atomic E-state index is 0.868. The first-order valence-electron chi connectivity index (χ1n) is 6.00. The quantitative estimate of drug-likeness (QED) is 0.780. The van der Waals surface area contributed by atoms with Crippen molar-refractivity contribution in [2.24, 2.45) is 0 Å². The average molecular weight is 334 g/mol. The summed E-state index contributed by atoms with van der Waals surface area (Å²) in [5.74, 6) is 0. The van der Waals surface area contributed by atoms with Crippen molar-refractivity contribution in [1.82, 2.24) is 9.97 Å². The van der Waals surface area contributed by atoms with E-state index in [2.05, 4.69) is 43.3 Å². The molecule has 0 saturated carbocycles. The van der Waals surface area contributed by atoms with E-state index < -0.39 is 0 Å². The summed E-state index contributed by atoms with van der Waals surface area (Å²) >= 11 is 5.14. The maximum Gasteiger partial charge on any atom is 0.183 e. The second-order valence-electron chi connectivity index (χ2n) is 4.17. The Morgan fingerprint density at radius 2 is 2.21 bits per heavy atom. The zero-order valence-corrected chi connectivity index (χ0v) is 12.5. The summed E-state index contributed by atoms with van der Waals surface area (Å²) in [4.78, 5) is 8.68. The summed E-state index contributed by atoms with van der Waals surface area (Å²) in [7, 11) is 0. The van der Waals surface area contributed by atoms with Crippen LogP contribution in [0, 0.1) is 0 Å². The third kappa shape index (κ3) is 3.11. The van der Waals surface area contributed by atoms with E-state index in [1.807, 2.05) is 24.4 Å². The zero-order valence-electron chi connectivity index (χ0n) is 10.1. The highest BCUT2D eigenvalue weighted by molar-refractivity contribution is 9.10. The molecule has 5 heteroatoms. The molecule has 3 aromatic rings. The smallest absolute Gasteiger partial charge is 0.183 e. The van der Waals surface area contributed by atoms with Crippen LogP contribution in [0.1, 0.15) is 5.56 Å². The number of pyridine rings is 1. The van der Waals surface area contributed by atoms with E-state index in [0.717, 1.165) is 28.1 Å². The normalized spacial score (nSPS) is 10.8. The molecule has 0 aliphatic heterocycles. The molecule has 1 aromatic carbocycles. The van der Waals surface area contributed by atoms with Gasteiger partial charge in [-0.1, -0.05) is 33.3 Å². The summed E-state index contributed by atoms with van der Waals surface area (Å²) in [5.41, 5.74) is 2.27. The molecule has 3 rings (SSSR count). The monoisotopic (exact) mass is 333 g/mol. The summed E-state index contributed by atoms with van der Waals surface area (Å²) in [6.07, 6.45) is 4.65. The van der Waals surface area contributed by atoms with E-state index in [1.54, 1.807) is 17.5 Å². The maximum atomic E-state index is 4.57. The Balaban J connectivity index is 1.65. The van der Waals surface area contributed by atoms with Gasteiger partial charge in [0, 0.05) is 23.4 Å². The van der Waals surface area contributed by atoms with Gasteiger partial charge in [0.15, 0.2) is 5.13 Å². The number of benzene rings is 1. The highest BCUT2D eigenvalue weighted by Gasteiger charge is 2.03. The third-order valence-corrected chi connectivity index (χ3v) is 4.25. The number of anilines is 1. The number of fused-ring (bicyclic) bond motifs is 1. The highest BCUT2D eigenvalue weighted by atomic mass is 79.9. The van der Waals surface area contributed by atoms with Crippen LogP contribution in [0.15, 0.2) is 47.2 Å². The van der Waals surface area contributed by atoms with E-state index >= 15 is 0 Å². The van der Waals surface area contributed by atoms with Crippen molar-refractivity contribution >= 4 is 42.6 Å². The second-order valence-corrected chi connectivity index (χ2v) is 6.12. The summed E-state index contributed by atoms with van der Waals surface area (Å²) in [5, 5.41) is 4.34. The van der Waals surface area contributed by atoms with Crippen LogP contribution >= 0.6 is 27.3 Å². The minimum Gasteiger partial charge on any atom is -0.361 e. The number of rotatable bonds is 4. The molecule has 0 atom stereocenters. The lowest BCUT2D eigenvalue weighted by atomic mass is 10.2. The molecule has 0 fully saturated rings. The number of aromatic nitrogens is 2. The van der Waals surface area contributed by atoms with Crippen LogP contribution in [-0.4, -0.2) is 16.5 Å². The molecule has 19 heavy (non-hydrogen) atoms. The number of nitrogens with one attached hydrogen (secondary N) is 1. The van der Waals surface area contributed by atoms with Gasteiger partial charge in [-0.3, -0.25) is 4.98 Å². The highest BCUT2D eigenvalue weighted by Crippen LogP contribution is 2.28. The van der Waals surface area contributed by atoms with Crippen LogP contribution in [0.3, 0.4) is 0 Å². The van der Waals surface area contributed by atoms with Crippen LogP contribution in [0.4, 0.5) is 5.13 Å². The van der Waals surface area contributed by atoms with Gasteiger partial charge >= 0.3 is 0 Å². The van der Waals surface area contributed by atoms with Gasteiger partial charge in [0.05, 0.1) is 10.2 Å². The zero-order chi connectivity index (χ0) is 13.1. The van der Waals surface area contributed by atoms with Crippen molar-refractivity contribution in [3.05, 3.63) is 52.8 Å². The molecule has 2 aromatic heterocycles. The number of hydrogen-bond acceptors (Lipinski definition) is 4. The van der Waals surface area contributed by atoms with Crippen LogP contribution in [-0.2, 0) is 6.42 Å². The largest absolute Gasteiger partial charge is 0.361 e. The van der Waals surface area contributed by atoms with Crippen molar-refractivity contribution in [3.63, 3.8) is 0 Å². The predicted molar refractivity (Wildman–Crippen MR) is 83.8 cm³/mol. The van der Waals surface area contributed by atoms with E-state index in [1.165, 1.54) is 10.3 Å².